The Morgan fingerprint density at radius 2 is 1.67 bits per heavy atom. The number of rotatable bonds is 9. The number of carbonyl (C=O) groups excluding carboxylic acids is 3. The lowest BCUT2D eigenvalue weighted by Crippen LogP contribution is -2.38. The van der Waals surface area contributed by atoms with Gasteiger partial charge in [0.25, 0.3) is 5.91 Å². The average Bonchev–Trinajstić information content (AvgIpc) is 3.02. The molecule has 0 radical (unpaired) electrons. The number of nitrogens with zero attached hydrogens (tertiary/aromatic N) is 1. The van der Waals surface area contributed by atoms with Crippen molar-refractivity contribution in [1.82, 2.24) is 10.2 Å². The van der Waals surface area contributed by atoms with Gasteiger partial charge in [-0.2, -0.15) is 0 Å². The van der Waals surface area contributed by atoms with Gasteiger partial charge in [0, 0.05) is 43.6 Å². The summed E-state index contributed by atoms with van der Waals surface area (Å²) in [4.78, 5) is 39.2. The van der Waals surface area contributed by atoms with Crippen LogP contribution in [0.15, 0.2) is 72.8 Å². The number of hydrogen-bond donors (Lipinski definition) is 2. The van der Waals surface area contributed by atoms with Gasteiger partial charge < -0.3 is 25.9 Å². The zero-order chi connectivity index (χ0) is 25.5. The maximum atomic E-state index is 13.2. The van der Waals surface area contributed by atoms with Gasteiger partial charge in [-0.3, -0.25) is 9.59 Å². The van der Waals surface area contributed by atoms with E-state index in [1.54, 1.807) is 17.0 Å². The summed E-state index contributed by atoms with van der Waals surface area (Å²) in [7, 11) is 0. The van der Waals surface area contributed by atoms with E-state index in [-0.39, 0.29) is 24.7 Å². The Kier molecular flexibility index (Phi) is 8.13. The van der Waals surface area contributed by atoms with Crippen LogP contribution in [0, 0.1) is 5.92 Å². The number of nitrogens with two attached hydrogens (primary N) is 1. The van der Waals surface area contributed by atoms with E-state index in [9.17, 15) is 19.5 Å². The number of amides is 2. The molecule has 3 aromatic carbocycles. The summed E-state index contributed by atoms with van der Waals surface area (Å²) in [5.74, 6) is -2.41. The van der Waals surface area contributed by atoms with Crippen molar-refractivity contribution >= 4 is 17.8 Å². The van der Waals surface area contributed by atoms with Gasteiger partial charge in [0.1, 0.15) is 0 Å². The maximum Gasteiger partial charge on any atom is 0.251 e. The molecule has 7 heteroatoms. The Bertz CT molecular complexity index is 1230. The third-order valence-corrected chi connectivity index (χ3v) is 6.59. The molecule has 1 unspecified atom stereocenters. The van der Waals surface area contributed by atoms with Crippen molar-refractivity contribution in [2.75, 3.05) is 6.54 Å². The van der Waals surface area contributed by atoms with Gasteiger partial charge in [-0.15, -0.1) is 0 Å². The summed E-state index contributed by atoms with van der Waals surface area (Å²) in [6, 6.07) is 23.0. The fraction of sp³-hybridized carbons (Fsp3) is 0.276. The molecule has 1 aliphatic heterocycles. The van der Waals surface area contributed by atoms with Crippen molar-refractivity contribution in [3.05, 3.63) is 106 Å². The first-order chi connectivity index (χ1) is 17.4. The molecule has 0 saturated carbocycles. The molecule has 0 aliphatic carbocycles. The summed E-state index contributed by atoms with van der Waals surface area (Å²) in [5.41, 5.74) is 10.9. The first kappa shape index (κ1) is 25.1. The number of carboxylic acids is 1. The van der Waals surface area contributed by atoms with E-state index in [1.165, 1.54) is 0 Å². The van der Waals surface area contributed by atoms with Crippen LogP contribution in [0.1, 0.15) is 44.6 Å². The number of fused-ring (bicyclic) bond motifs is 1. The van der Waals surface area contributed by atoms with Crippen LogP contribution in [0.4, 0.5) is 0 Å². The lowest BCUT2D eigenvalue weighted by Gasteiger charge is -2.25. The summed E-state index contributed by atoms with van der Waals surface area (Å²) in [5, 5.41) is 14.3. The molecule has 4 rings (SSSR count). The van der Waals surface area contributed by atoms with Crippen LogP contribution in [-0.2, 0) is 42.1 Å². The molecule has 0 aromatic heterocycles. The van der Waals surface area contributed by atoms with Crippen LogP contribution in [0.5, 0.6) is 0 Å². The SMILES string of the molecule is NCc1ccc(CNC(=O)c2ccc3c(c2)CC(CC(=O)[O-])C(=O)N(CCc2ccccc2)C3)cc1. The molecule has 1 aliphatic rings. The molecule has 1 atom stereocenters. The average molecular weight is 485 g/mol. The molecular formula is C29H30N3O4-. The van der Waals surface area contributed by atoms with E-state index in [0.717, 1.165) is 27.8 Å². The topological polar surface area (TPSA) is 116 Å². The van der Waals surface area contributed by atoms with E-state index in [4.69, 9.17) is 5.73 Å². The van der Waals surface area contributed by atoms with Gasteiger partial charge in [-0.1, -0.05) is 60.7 Å². The highest BCUT2D eigenvalue weighted by atomic mass is 16.4. The van der Waals surface area contributed by atoms with E-state index < -0.39 is 11.9 Å². The molecule has 1 heterocycles. The van der Waals surface area contributed by atoms with Gasteiger partial charge in [-0.05, 0) is 59.2 Å². The molecular weight excluding hydrogens is 454 g/mol. The molecule has 2 amide bonds. The molecule has 0 spiro atoms. The minimum Gasteiger partial charge on any atom is -0.550 e. The summed E-state index contributed by atoms with van der Waals surface area (Å²) in [6.45, 7) is 1.70. The Balaban J connectivity index is 1.49. The van der Waals surface area contributed by atoms with Gasteiger partial charge >= 0.3 is 0 Å². The van der Waals surface area contributed by atoms with Crippen molar-refractivity contribution in [1.29, 1.82) is 0 Å². The van der Waals surface area contributed by atoms with Crippen LogP contribution in [0.3, 0.4) is 0 Å². The molecule has 36 heavy (non-hydrogen) atoms. The van der Waals surface area contributed by atoms with Crippen molar-refractivity contribution in [2.45, 2.75) is 38.9 Å². The minimum atomic E-state index is -1.26. The molecule has 186 valence electrons. The van der Waals surface area contributed by atoms with Gasteiger partial charge in [0.15, 0.2) is 0 Å². The van der Waals surface area contributed by atoms with Crippen molar-refractivity contribution < 1.29 is 19.5 Å². The first-order valence-corrected chi connectivity index (χ1v) is 12.1. The Labute approximate surface area is 210 Å². The second kappa shape index (κ2) is 11.6. The van der Waals surface area contributed by atoms with E-state index in [2.05, 4.69) is 5.32 Å². The first-order valence-electron chi connectivity index (χ1n) is 12.1. The van der Waals surface area contributed by atoms with Crippen LogP contribution >= 0.6 is 0 Å². The fourth-order valence-corrected chi connectivity index (χ4v) is 4.54. The lowest BCUT2D eigenvalue weighted by atomic mass is 9.93. The zero-order valence-corrected chi connectivity index (χ0v) is 20.1. The predicted octanol–water partition coefficient (Wildman–Crippen LogP) is 1.96. The van der Waals surface area contributed by atoms with E-state index in [0.29, 0.717) is 38.2 Å². The normalized spacial score (nSPS) is 15.2. The van der Waals surface area contributed by atoms with Gasteiger partial charge in [0.05, 0.1) is 0 Å². The number of carbonyl (C=O) groups is 3. The Morgan fingerprint density at radius 1 is 0.944 bits per heavy atom. The molecule has 0 fully saturated rings. The highest BCUT2D eigenvalue weighted by molar-refractivity contribution is 5.94. The summed E-state index contributed by atoms with van der Waals surface area (Å²) >= 11 is 0. The van der Waals surface area contributed by atoms with Crippen LogP contribution < -0.4 is 16.2 Å². The highest BCUT2D eigenvalue weighted by Gasteiger charge is 2.30. The molecule has 7 nitrogen and oxygen atoms in total. The lowest BCUT2D eigenvalue weighted by molar-refractivity contribution is -0.306. The molecule has 3 aromatic rings. The number of aliphatic carboxylic acids is 1. The molecule has 3 N–H and O–H groups in total. The second-order valence-corrected chi connectivity index (χ2v) is 9.16. The van der Waals surface area contributed by atoms with Crippen LogP contribution in [0.25, 0.3) is 0 Å². The zero-order valence-electron chi connectivity index (χ0n) is 20.1. The monoisotopic (exact) mass is 484 g/mol. The number of nitrogens with one attached hydrogen (secondary N) is 1. The van der Waals surface area contributed by atoms with Crippen LogP contribution in [-0.4, -0.2) is 29.2 Å². The standard InChI is InChI=1S/C29H31N3O4/c30-17-21-6-8-22(9-7-21)18-31-28(35)23-10-11-24-19-32(13-12-20-4-2-1-3-5-20)29(36)26(16-27(33)34)15-25(24)14-23/h1-11,14,26H,12-13,15-19,30H2,(H,31,35)(H,33,34)/p-1. The van der Waals surface area contributed by atoms with E-state index in [1.807, 2.05) is 60.7 Å². The van der Waals surface area contributed by atoms with Gasteiger partial charge in [-0.25, -0.2) is 0 Å². The maximum absolute atomic E-state index is 13.2. The highest BCUT2D eigenvalue weighted by Crippen LogP contribution is 2.26. The van der Waals surface area contributed by atoms with Crippen molar-refractivity contribution in [3.63, 3.8) is 0 Å². The largest absolute Gasteiger partial charge is 0.550 e. The van der Waals surface area contributed by atoms with Crippen molar-refractivity contribution in [3.8, 4) is 0 Å². The predicted molar refractivity (Wildman–Crippen MR) is 134 cm³/mol. The third-order valence-electron chi connectivity index (χ3n) is 6.59. The van der Waals surface area contributed by atoms with E-state index >= 15 is 0 Å². The third kappa shape index (κ3) is 6.37. The quantitative estimate of drug-likeness (QED) is 0.482. The smallest absolute Gasteiger partial charge is 0.251 e. The number of benzene rings is 3. The summed E-state index contributed by atoms with van der Waals surface area (Å²) in [6.07, 6.45) is 0.577. The molecule has 0 bridgehead atoms. The van der Waals surface area contributed by atoms with Crippen molar-refractivity contribution in [2.24, 2.45) is 11.7 Å². The van der Waals surface area contributed by atoms with Crippen LogP contribution in [0.2, 0.25) is 0 Å². The second-order valence-electron chi connectivity index (χ2n) is 9.16. The minimum absolute atomic E-state index is 0.196. The number of carboxylic acid groups (broad SMARTS) is 1. The van der Waals surface area contributed by atoms with Gasteiger partial charge in [0.2, 0.25) is 5.91 Å². The Morgan fingerprint density at radius 3 is 2.36 bits per heavy atom. The number of hydrogen-bond acceptors (Lipinski definition) is 5. The fourth-order valence-electron chi connectivity index (χ4n) is 4.54. The Hall–Kier alpha value is -3.97. The summed E-state index contributed by atoms with van der Waals surface area (Å²) < 4.78 is 0. The molecule has 0 saturated heterocycles.